The first kappa shape index (κ1) is 18.4. The molecule has 0 rings (SSSR count). The average molecular weight is 290 g/mol. The molecule has 0 heterocycles. The van der Waals surface area contributed by atoms with Crippen molar-refractivity contribution in [2.45, 2.75) is 38.2 Å². The van der Waals surface area contributed by atoms with Crippen LogP contribution in [-0.4, -0.2) is 51.4 Å². The molecule has 0 aliphatic rings. The first-order chi connectivity index (χ1) is 9.45. The molecule has 20 heavy (non-hydrogen) atoms. The minimum absolute atomic E-state index is 0.258. The second kappa shape index (κ2) is 9.30. The minimum atomic E-state index is -1.72. The van der Waals surface area contributed by atoms with E-state index in [1.165, 1.54) is 14.2 Å². The summed E-state index contributed by atoms with van der Waals surface area (Å²) in [6, 6.07) is 0. The molecule has 7 nitrogen and oxygen atoms in total. The molecule has 0 saturated carbocycles. The second-order valence-electron chi connectivity index (χ2n) is 4.19. The molecule has 0 N–H and O–H groups in total. The summed E-state index contributed by atoms with van der Waals surface area (Å²) in [6.07, 6.45) is 0.771. The van der Waals surface area contributed by atoms with Gasteiger partial charge in [-0.2, -0.15) is 0 Å². The van der Waals surface area contributed by atoms with E-state index in [4.69, 9.17) is 9.47 Å². The number of methoxy groups -OCH3 is 3. The van der Waals surface area contributed by atoms with E-state index < -0.39 is 36.4 Å². The van der Waals surface area contributed by atoms with E-state index in [2.05, 4.69) is 9.47 Å². The standard InChI is InChI=1S/C13H22O7/c1-5-6-7-20-11(15)9-13(19-4,12(16)18-3)8-10(14)17-2/h5-9H2,1-4H3. The van der Waals surface area contributed by atoms with Crippen molar-refractivity contribution in [1.82, 2.24) is 0 Å². The van der Waals surface area contributed by atoms with Gasteiger partial charge in [0.1, 0.15) is 0 Å². The molecule has 116 valence electrons. The van der Waals surface area contributed by atoms with Crippen molar-refractivity contribution in [2.24, 2.45) is 0 Å². The monoisotopic (exact) mass is 290 g/mol. The van der Waals surface area contributed by atoms with Gasteiger partial charge in [0.25, 0.3) is 0 Å². The van der Waals surface area contributed by atoms with E-state index in [0.29, 0.717) is 0 Å². The molecule has 0 spiro atoms. The summed E-state index contributed by atoms with van der Waals surface area (Å²) in [6.45, 7) is 2.22. The van der Waals surface area contributed by atoms with Crippen molar-refractivity contribution < 1.29 is 33.3 Å². The Balaban J connectivity index is 4.87. The molecule has 0 radical (unpaired) electrons. The lowest BCUT2D eigenvalue weighted by Gasteiger charge is -2.27. The van der Waals surface area contributed by atoms with Crippen LogP contribution < -0.4 is 0 Å². The predicted molar refractivity (Wildman–Crippen MR) is 68.9 cm³/mol. The van der Waals surface area contributed by atoms with E-state index in [-0.39, 0.29) is 6.61 Å². The summed E-state index contributed by atoms with van der Waals surface area (Å²) in [4.78, 5) is 34.9. The molecular formula is C13H22O7. The summed E-state index contributed by atoms with van der Waals surface area (Å²) in [5, 5.41) is 0. The van der Waals surface area contributed by atoms with Crippen molar-refractivity contribution in [3.63, 3.8) is 0 Å². The smallest absolute Gasteiger partial charge is 0.339 e. The molecule has 0 saturated heterocycles. The Morgan fingerprint density at radius 1 is 0.950 bits per heavy atom. The van der Waals surface area contributed by atoms with E-state index in [1.54, 1.807) is 0 Å². The Kier molecular flexibility index (Phi) is 8.54. The fraction of sp³-hybridized carbons (Fsp3) is 0.769. The van der Waals surface area contributed by atoms with Gasteiger partial charge in [0, 0.05) is 7.11 Å². The molecule has 0 amide bonds. The highest BCUT2D eigenvalue weighted by molar-refractivity contribution is 5.90. The summed E-state index contributed by atoms with van der Waals surface area (Å²) >= 11 is 0. The first-order valence-corrected chi connectivity index (χ1v) is 6.31. The molecule has 0 aromatic carbocycles. The van der Waals surface area contributed by atoms with E-state index in [9.17, 15) is 14.4 Å². The lowest BCUT2D eigenvalue weighted by atomic mass is 9.95. The molecule has 7 heteroatoms. The Bertz CT molecular complexity index is 340. The average Bonchev–Trinajstić information content (AvgIpc) is 2.45. The van der Waals surface area contributed by atoms with Gasteiger partial charge in [-0.05, 0) is 6.42 Å². The number of carbonyl (C=O) groups is 3. The number of ether oxygens (including phenoxy) is 4. The van der Waals surface area contributed by atoms with Gasteiger partial charge in [-0.25, -0.2) is 4.79 Å². The zero-order valence-corrected chi connectivity index (χ0v) is 12.4. The summed E-state index contributed by atoms with van der Waals surface area (Å²) in [7, 11) is 3.55. The zero-order chi connectivity index (χ0) is 15.6. The highest BCUT2D eigenvalue weighted by Gasteiger charge is 2.45. The Labute approximate surface area is 118 Å². The maximum absolute atomic E-state index is 11.8. The van der Waals surface area contributed by atoms with Gasteiger partial charge in [0.15, 0.2) is 5.60 Å². The maximum atomic E-state index is 11.8. The van der Waals surface area contributed by atoms with Crippen molar-refractivity contribution in [2.75, 3.05) is 27.9 Å². The van der Waals surface area contributed by atoms with E-state index in [1.807, 2.05) is 6.92 Å². The van der Waals surface area contributed by atoms with Crippen LogP contribution in [0.25, 0.3) is 0 Å². The van der Waals surface area contributed by atoms with Crippen LogP contribution in [0.15, 0.2) is 0 Å². The quantitative estimate of drug-likeness (QED) is 0.353. The van der Waals surface area contributed by atoms with Crippen molar-refractivity contribution >= 4 is 17.9 Å². The van der Waals surface area contributed by atoms with Gasteiger partial charge in [0.2, 0.25) is 0 Å². The number of unbranched alkanes of at least 4 members (excludes halogenated alkanes) is 1. The molecule has 0 bridgehead atoms. The lowest BCUT2D eigenvalue weighted by molar-refractivity contribution is -0.179. The number of rotatable bonds is 9. The molecule has 1 atom stereocenters. The van der Waals surface area contributed by atoms with Crippen molar-refractivity contribution in [3.05, 3.63) is 0 Å². The van der Waals surface area contributed by atoms with Gasteiger partial charge >= 0.3 is 17.9 Å². The molecule has 0 aliphatic carbocycles. The fourth-order valence-electron chi connectivity index (χ4n) is 1.54. The second-order valence-corrected chi connectivity index (χ2v) is 4.19. The first-order valence-electron chi connectivity index (χ1n) is 6.31. The van der Waals surface area contributed by atoms with Gasteiger partial charge in [-0.3, -0.25) is 9.59 Å². The van der Waals surface area contributed by atoms with Gasteiger partial charge < -0.3 is 18.9 Å². The molecule has 0 fully saturated rings. The SMILES string of the molecule is CCCCOC(=O)CC(CC(=O)OC)(OC)C(=O)OC. The molecule has 0 aliphatic heterocycles. The van der Waals surface area contributed by atoms with Crippen LogP contribution >= 0.6 is 0 Å². The van der Waals surface area contributed by atoms with E-state index >= 15 is 0 Å². The number of hydrogen-bond donors (Lipinski definition) is 0. The Morgan fingerprint density at radius 2 is 1.55 bits per heavy atom. The fourth-order valence-corrected chi connectivity index (χ4v) is 1.54. The molecule has 1 unspecified atom stereocenters. The third-order valence-corrected chi connectivity index (χ3v) is 2.80. The minimum Gasteiger partial charge on any atom is -0.469 e. The van der Waals surface area contributed by atoms with Gasteiger partial charge in [-0.15, -0.1) is 0 Å². The maximum Gasteiger partial charge on any atom is 0.339 e. The van der Waals surface area contributed by atoms with Gasteiger partial charge in [0.05, 0.1) is 33.7 Å². The van der Waals surface area contributed by atoms with Crippen molar-refractivity contribution in [3.8, 4) is 0 Å². The van der Waals surface area contributed by atoms with Crippen LogP contribution in [0.5, 0.6) is 0 Å². The van der Waals surface area contributed by atoms with Gasteiger partial charge in [-0.1, -0.05) is 13.3 Å². The third-order valence-electron chi connectivity index (χ3n) is 2.80. The summed E-state index contributed by atoms with van der Waals surface area (Å²) in [5.74, 6) is -2.13. The van der Waals surface area contributed by atoms with Crippen LogP contribution in [0.2, 0.25) is 0 Å². The van der Waals surface area contributed by atoms with Crippen molar-refractivity contribution in [1.29, 1.82) is 0 Å². The molecular weight excluding hydrogens is 268 g/mol. The predicted octanol–water partition coefficient (Wildman–Crippen LogP) is 0.841. The summed E-state index contributed by atoms with van der Waals surface area (Å²) in [5.41, 5.74) is -1.72. The third kappa shape index (κ3) is 5.56. The summed E-state index contributed by atoms with van der Waals surface area (Å²) < 4.78 is 19.1. The van der Waals surface area contributed by atoms with Crippen LogP contribution in [-0.2, 0) is 33.3 Å². The largest absolute Gasteiger partial charge is 0.469 e. The van der Waals surface area contributed by atoms with Crippen LogP contribution in [0, 0.1) is 0 Å². The normalized spacial score (nSPS) is 13.2. The number of esters is 3. The topological polar surface area (TPSA) is 88.1 Å². The highest BCUT2D eigenvalue weighted by Crippen LogP contribution is 2.23. The number of carbonyl (C=O) groups excluding carboxylic acids is 3. The zero-order valence-electron chi connectivity index (χ0n) is 12.4. The highest BCUT2D eigenvalue weighted by atomic mass is 16.6. The lowest BCUT2D eigenvalue weighted by Crippen LogP contribution is -2.46. The number of hydrogen-bond acceptors (Lipinski definition) is 7. The van der Waals surface area contributed by atoms with E-state index in [0.717, 1.165) is 20.0 Å². The van der Waals surface area contributed by atoms with Crippen LogP contribution in [0.4, 0.5) is 0 Å². The Hall–Kier alpha value is -1.63. The molecule has 0 aromatic heterocycles. The van der Waals surface area contributed by atoms with Crippen LogP contribution in [0.1, 0.15) is 32.6 Å². The Morgan fingerprint density at radius 3 is 2.00 bits per heavy atom. The molecule has 0 aromatic rings. The van der Waals surface area contributed by atoms with Crippen LogP contribution in [0.3, 0.4) is 0 Å².